The molecule has 0 saturated carbocycles. The van der Waals surface area contributed by atoms with Crippen LogP contribution in [0.15, 0.2) is 18.5 Å². The maximum atomic E-state index is 12.8. The molecule has 0 aliphatic carbocycles. The highest BCUT2D eigenvalue weighted by Crippen LogP contribution is 2.30. The number of ketones is 1. The summed E-state index contributed by atoms with van der Waals surface area (Å²) < 4.78 is 11.4. The largest absolute Gasteiger partial charge is 0.464 e. The molecule has 1 fully saturated rings. The zero-order chi connectivity index (χ0) is 23.5. The number of carbonyl (C=O) groups is 3. The van der Waals surface area contributed by atoms with Crippen molar-refractivity contribution in [3.05, 3.63) is 24.0 Å². The zero-order valence-corrected chi connectivity index (χ0v) is 18.9. The molecule has 0 unspecified atom stereocenters. The van der Waals surface area contributed by atoms with Crippen LogP contribution < -0.4 is 5.32 Å². The number of pyridine rings is 1. The van der Waals surface area contributed by atoms with E-state index in [0.29, 0.717) is 24.2 Å². The number of Topliss-reactive ketones (excluding diaryl/α,β-unsaturated/α-hetero) is 1. The highest BCUT2D eigenvalue weighted by molar-refractivity contribution is 6.13. The topological polar surface area (TPSA) is 123 Å². The third-order valence-electron chi connectivity index (χ3n) is 5.16. The molecule has 1 saturated heterocycles. The molecule has 2 aromatic heterocycles. The minimum absolute atomic E-state index is 0.0861. The Morgan fingerprint density at radius 1 is 1.31 bits per heavy atom. The average Bonchev–Trinajstić information content (AvgIpc) is 3.12. The summed E-state index contributed by atoms with van der Waals surface area (Å²) in [5.41, 5.74) is 0.482. The number of piperidine rings is 1. The number of hydrogen-bond acceptors (Lipinski definition) is 7. The van der Waals surface area contributed by atoms with Gasteiger partial charge in [0.2, 0.25) is 0 Å². The number of hydrogen-bond donors (Lipinski definition) is 2. The number of anilines is 1. The Kier molecular flexibility index (Phi) is 7.02. The van der Waals surface area contributed by atoms with E-state index in [4.69, 9.17) is 9.47 Å². The number of nitrogens with zero attached hydrogens (tertiary/aromatic N) is 3. The third kappa shape index (κ3) is 5.37. The lowest BCUT2D eigenvalue weighted by molar-refractivity contribution is 0.0206. The second kappa shape index (κ2) is 9.56. The number of amides is 1. The Morgan fingerprint density at radius 3 is 2.72 bits per heavy atom. The third-order valence-corrected chi connectivity index (χ3v) is 5.16. The van der Waals surface area contributed by atoms with Crippen LogP contribution in [-0.4, -0.2) is 76.0 Å². The molecule has 3 rings (SSSR count). The van der Waals surface area contributed by atoms with E-state index >= 15 is 0 Å². The number of methoxy groups -OCH3 is 1. The first-order valence-corrected chi connectivity index (χ1v) is 10.6. The summed E-state index contributed by atoms with van der Waals surface area (Å²) in [6.07, 6.45) is 2.95. The molecule has 1 amide bonds. The summed E-state index contributed by atoms with van der Waals surface area (Å²) in [4.78, 5) is 42.8. The smallest absolute Gasteiger partial charge is 0.417 e. The van der Waals surface area contributed by atoms with Gasteiger partial charge in [-0.2, -0.15) is 0 Å². The van der Waals surface area contributed by atoms with Gasteiger partial charge in [-0.25, -0.2) is 19.1 Å². The van der Waals surface area contributed by atoms with E-state index in [2.05, 4.69) is 10.3 Å². The molecule has 174 valence electrons. The number of ether oxygens (including phenoxy) is 2. The maximum Gasteiger partial charge on any atom is 0.417 e. The molecule has 32 heavy (non-hydrogen) atoms. The number of aromatic nitrogens is 2. The molecule has 10 nitrogen and oxygen atoms in total. The summed E-state index contributed by atoms with van der Waals surface area (Å²) in [5.74, 6) is -0.230. The lowest BCUT2D eigenvalue weighted by Crippen LogP contribution is -2.47. The molecule has 3 heterocycles. The van der Waals surface area contributed by atoms with Gasteiger partial charge < -0.3 is 24.8 Å². The Hall–Kier alpha value is -3.14. The van der Waals surface area contributed by atoms with Gasteiger partial charge in [-0.15, -0.1) is 0 Å². The van der Waals surface area contributed by atoms with E-state index in [1.54, 1.807) is 11.0 Å². The van der Waals surface area contributed by atoms with Crippen molar-refractivity contribution < 1.29 is 29.0 Å². The molecule has 1 aliphatic rings. The van der Waals surface area contributed by atoms with Crippen LogP contribution in [0.5, 0.6) is 0 Å². The van der Waals surface area contributed by atoms with Crippen molar-refractivity contribution in [2.75, 3.05) is 32.1 Å². The minimum atomic E-state index is -1.22. The summed E-state index contributed by atoms with van der Waals surface area (Å²) in [7, 11) is 1.50. The van der Waals surface area contributed by atoms with E-state index in [9.17, 15) is 19.5 Å². The van der Waals surface area contributed by atoms with E-state index in [1.165, 1.54) is 19.5 Å². The number of likely N-dealkylation sites (tertiary alicyclic amines) is 1. The molecule has 1 atom stereocenters. The number of rotatable bonds is 6. The second-order valence-corrected chi connectivity index (χ2v) is 8.83. The molecule has 0 bridgehead atoms. The van der Waals surface area contributed by atoms with Gasteiger partial charge in [0.05, 0.1) is 12.0 Å². The van der Waals surface area contributed by atoms with Crippen LogP contribution in [-0.2, 0) is 9.47 Å². The summed E-state index contributed by atoms with van der Waals surface area (Å²) in [5, 5.41) is 13.4. The molecule has 0 spiro atoms. The second-order valence-electron chi connectivity index (χ2n) is 8.83. The fourth-order valence-electron chi connectivity index (χ4n) is 3.77. The fourth-order valence-corrected chi connectivity index (χ4v) is 3.77. The van der Waals surface area contributed by atoms with E-state index in [0.717, 1.165) is 17.4 Å². The van der Waals surface area contributed by atoms with Crippen molar-refractivity contribution >= 4 is 34.7 Å². The lowest BCUT2D eigenvalue weighted by atomic mass is 10.0. The van der Waals surface area contributed by atoms with Gasteiger partial charge >= 0.3 is 12.2 Å². The predicted molar refractivity (Wildman–Crippen MR) is 118 cm³/mol. The van der Waals surface area contributed by atoms with Crippen molar-refractivity contribution in [2.45, 2.75) is 51.7 Å². The summed E-state index contributed by atoms with van der Waals surface area (Å²) >= 11 is 0. The van der Waals surface area contributed by atoms with Crippen molar-refractivity contribution in [3.8, 4) is 0 Å². The number of nitrogens with one attached hydrogen (secondary N) is 1. The van der Waals surface area contributed by atoms with Crippen molar-refractivity contribution in [1.29, 1.82) is 0 Å². The van der Waals surface area contributed by atoms with Crippen LogP contribution in [0, 0.1) is 0 Å². The first-order valence-electron chi connectivity index (χ1n) is 10.6. The van der Waals surface area contributed by atoms with E-state index in [1.807, 2.05) is 20.8 Å². The van der Waals surface area contributed by atoms with Gasteiger partial charge in [-0.1, -0.05) is 0 Å². The molecule has 2 aromatic rings. The normalized spacial score (nSPS) is 16.8. The van der Waals surface area contributed by atoms with Gasteiger partial charge in [0.15, 0.2) is 11.4 Å². The van der Waals surface area contributed by atoms with Crippen LogP contribution in [0.25, 0.3) is 11.0 Å². The molecule has 10 heteroatoms. The van der Waals surface area contributed by atoms with Crippen LogP contribution in [0.3, 0.4) is 0 Å². The molecular formula is C22H30N4O6. The lowest BCUT2D eigenvalue weighted by Gasteiger charge is -2.35. The van der Waals surface area contributed by atoms with Crippen LogP contribution in [0.1, 0.15) is 50.4 Å². The number of fused-ring (bicyclic) bond motifs is 1. The van der Waals surface area contributed by atoms with Crippen molar-refractivity contribution in [3.63, 3.8) is 0 Å². The maximum absolute atomic E-state index is 12.8. The SMILES string of the molecule is COCCC(=O)c1cn(C(=O)O)c2nccc(N[C@@H]3CCCN(C(=O)OC(C)(C)C)C3)c12. The fraction of sp³-hybridized carbons (Fsp3) is 0.545. The molecule has 0 radical (unpaired) electrons. The molecular weight excluding hydrogens is 416 g/mol. The van der Waals surface area contributed by atoms with Crippen LogP contribution >= 0.6 is 0 Å². The molecule has 2 N–H and O–H groups in total. The first-order chi connectivity index (χ1) is 15.1. The first kappa shape index (κ1) is 23.5. The van der Waals surface area contributed by atoms with Gasteiger partial charge in [0, 0.05) is 56.3 Å². The van der Waals surface area contributed by atoms with Gasteiger partial charge in [-0.05, 0) is 39.7 Å². The Bertz CT molecular complexity index is 1010. The van der Waals surface area contributed by atoms with Crippen LogP contribution in [0.4, 0.5) is 15.3 Å². The minimum Gasteiger partial charge on any atom is -0.464 e. The standard InChI is InChI=1S/C22H30N4O6/c1-22(2,3)32-21(30)25-10-5-6-14(12-25)24-16-7-9-23-19-18(16)15(13-26(19)20(28)29)17(27)8-11-31-4/h7,9,13-14H,5-6,8,10-12H2,1-4H3,(H,23,24)(H,28,29)/t14-/m1/s1. The average molecular weight is 447 g/mol. The van der Waals surface area contributed by atoms with Gasteiger partial charge in [0.1, 0.15) is 5.60 Å². The predicted octanol–water partition coefficient (Wildman–Crippen LogP) is 3.59. The van der Waals surface area contributed by atoms with Gasteiger partial charge in [-0.3, -0.25) is 4.79 Å². The number of carboxylic acid groups (broad SMARTS) is 1. The number of carbonyl (C=O) groups excluding carboxylic acids is 2. The molecule has 0 aromatic carbocycles. The highest BCUT2D eigenvalue weighted by atomic mass is 16.6. The zero-order valence-electron chi connectivity index (χ0n) is 18.9. The Balaban J connectivity index is 1.89. The van der Waals surface area contributed by atoms with Crippen molar-refractivity contribution in [1.82, 2.24) is 14.5 Å². The van der Waals surface area contributed by atoms with E-state index in [-0.39, 0.29) is 42.2 Å². The Morgan fingerprint density at radius 2 is 2.06 bits per heavy atom. The van der Waals surface area contributed by atoms with Crippen molar-refractivity contribution in [2.24, 2.45) is 0 Å². The van der Waals surface area contributed by atoms with Crippen LogP contribution in [0.2, 0.25) is 0 Å². The molecule has 1 aliphatic heterocycles. The van der Waals surface area contributed by atoms with Gasteiger partial charge in [0.25, 0.3) is 0 Å². The highest BCUT2D eigenvalue weighted by Gasteiger charge is 2.29. The summed E-state index contributed by atoms with van der Waals surface area (Å²) in [6.45, 7) is 6.75. The monoisotopic (exact) mass is 446 g/mol. The Labute approximate surface area is 186 Å². The quantitative estimate of drug-likeness (QED) is 0.646. The summed E-state index contributed by atoms with van der Waals surface area (Å²) in [6, 6.07) is 1.63. The van der Waals surface area contributed by atoms with E-state index < -0.39 is 11.7 Å².